The molecule has 46 heavy (non-hydrogen) atoms. The predicted octanol–water partition coefficient (Wildman–Crippen LogP) is 11.0. The van der Waals surface area contributed by atoms with E-state index in [-0.39, 0.29) is 0 Å². The molecule has 6 aromatic carbocycles. The average Bonchev–Trinajstić information content (AvgIpc) is 3.15. The first kappa shape index (κ1) is 27.4. The van der Waals surface area contributed by atoms with Gasteiger partial charge in [-0.05, 0) is 68.4 Å². The van der Waals surface area contributed by atoms with Crippen LogP contribution in [0, 0.1) is 0 Å². The van der Waals surface area contributed by atoms with E-state index in [1.165, 1.54) is 21.9 Å². The van der Waals surface area contributed by atoms with E-state index < -0.39 is 0 Å². The minimum Gasteiger partial charge on any atom is -0.264 e. The van der Waals surface area contributed by atoms with Crippen LogP contribution in [0.4, 0.5) is 0 Å². The highest BCUT2D eigenvalue weighted by Gasteiger charge is 2.13. The molecule has 0 aliphatic carbocycles. The zero-order chi connectivity index (χ0) is 30.7. The van der Waals surface area contributed by atoms with Crippen molar-refractivity contribution in [3.63, 3.8) is 0 Å². The Morgan fingerprint density at radius 1 is 0.348 bits per heavy atom. The number of rotatable bonds is 6. The minimum absolute atomic E-state index is 0.691. The Balaban J connectivity index is 1.26. The summed E-state index contributed by atoms with van der Waals surface area (Å²) in [5.74, 6) is 0.691. The zero-order valence-corrected chi connectivity index (χ0v) is 25.1. The van der Waals surface area contributed by atoms with Crippen LogP contribution in [0.1, 0.15) is 0 Å². The van der Waals surface area contributed by atoms with E-state index in [1.807, 2.05) is 18.3 Å². The summed E-state index contributed by atoms with van der Waals surface area (Å²) >= 11 is 0. The second-order valence-electron chi connectivity index (χ2n) is 11.3. The van der Waals surface area contributed by atoms with Crippen LogP contribution in [0.15, 0.2) is 176 Å². The van der Waals surface area contributed by atoms with E-state index in [4.69, 9.17) is 9.97 Å². The summed E-state index contributed by atoms with van der Waals surface area (Å²) in [4.78, 5) is 14.6. The average molecular weight is 588 g/mol. The highest BCUT2D eigenvalue weighted by molar-refractivity contribution is 5.97. The third-order valence-electron chi connectivity index (χ3n) is 8.39. The molecule has 0 fully saturated rings. The van der Waals surface area contributed by atoms with Gasteiger partial charge < -0.3 is 0 Å². The summed E-state index contributed by atoms with van der Waals surface area (Å²) in [7, 11) is 0. The van der Waals surface area contributed by atoms with Crippen molar-refractivity contribution >= 4 is 10.8 Å². The van der Waals surface area contributed by atoms with Gasteiger partial charge in [-0.25, -0.2) is 9.97 Å². The summed E-state index contributed by atoms with van der Waals surface area (Å²) in [6, 6.07) is 57.2. The number of hydrogen-bond donors (Lipinski definition) is 0. The van der Waals surface area contributed by atoms with Gasteiger partial charge in [-0.2, -0.15) is 0 Å². The molecule has 0 aliphatic heterocycles. The van der Waals surface area contributed by atoms with Crippen molar-refractivity contribution in [2.45, 2.75) is 0 Å². The number of fused-ring (bicyclic) bond motifs is 1. The lowest BCUT2D eigenvalue weighted by molar-refractivity contribution is 1.18. The molecule has 8 aromatic rings. The molecule has 0 N–H and O–H groups in total. The number of pyridine rings is 1. The van der Waals surface area contributed by atoms with Gasteiger partial charge in [0.15, 0.2) is 5.82 Å². The van der Waals surface area contributed by atoms with E-state index in [0.717, 1.165) is 50.3 Å². The second kappa shape index (κ2) is 12.1. The molecular formula is C43H29N3. The highest BCUT2D eigenvalue weighted by atomic mass is 14.9. The molecule has 3 heteroatoms. The number of hydrogen-bond acceptors (Lipinski definition) is 3. The molecule has 0 spiro atoms. The van der Waals surface area contributed by atoms with Gasteiger partial charge in [0.2, 0.25) is 0 Å². The van der Waals surface area contributed by atoms with E-state index in [1.54, 1.807) is 6.20 Å². The van der Waals surface area contributed by atoms with Crippen molar-refractivity contribution in [2.75, 3.05) is 0 Å². The molecular weight excluding hydrogens is 558 g/mol. The maximum atomic E-state index is 5.18. The summed E-state index contributed by atoms with van der Waals surface area (Å²) < 4.78 is 0. The predicted molar refractivity (Wildman–Crippen MR) is 190 cm³/mol. The maximum absolute atomic E-state index is 5.18. The van der Waals surface area contributed by atoms with Crippen molar-refractivity contribution in [1.82, 2.24) is 15.0 Å². The molecule has 0 saturated heterocycles. The SMILES string of the molecule is c1ccc(-c2cccc(-c3cc(-c4ccc(-c5cccnc5)cc4)nc(-c4cccc(-c5cccc6ccccc56)c4)n3)c2)cc1. The topological polar surface area (TPSA) is 38.7 Å². The summed E-state index contributed by atoms with van der Waals surface area (Å²) in [5.41, 5.74) is 11.7. The molecule has 2 aromatic heterocycles. The lowest BCUT2D eigenvalue weighted by Gasteiger charge is -2.12. The first-order valence-electron chi connectivity index (χ1n) is 15.4. The molecule has 0 unspecified atom stereocenters. The summed E-state index contributed by atoms with van der Waals surface area (Å²) in [6.07, 6.45) is 3.68. The second-order valence-corrected chi connectivity index (χ2v) is 11.3. The molecule has 2 heterocycles. The first-order chi connectivity index (χ1) is 22.8. The minimum atomic E-state index is 0.691. The number of benzene rings is 6. The van der Waals surface area contributed by atoms with Gasteiger partial charge in [0.1, 0.15) is 0 Å². The quantitative estimate of drug-likeness (QED) is 0.194. The van der Waals surface area contributed by atoms with Crippen molar-refractivity contribution in [1.29, 1.82) is 0 Å². The molecule has 0 bridgehead atoms. The zero-order valence-electron chi connectivity index (χ0n) is 25.1. The van der Waals surface area contributed by atoms with Gasteiger partial charge in [0, 0.05) is 29.1 Å². The standard InChI is InChI=1S/C43H29N3/c1-2-10-30(11-3-1)34-14-6-16-36(26-34)42-28-41(33-23-21-31(22-24-33)38-18-9-25-44-29-38)45-43(46-42)37-17-7-15-35(27-37)40-20-8-13-32-12-4-5-19-39(32)40/h1-29H. The molecule has 3 nitrogen and oxygen atoms in total. The molecule has 0 amide bonds. The van der Waals surface area contributed by atoms with Crippen molar-refractivity contribution in [3.05, 3.63) is 176 Å². The first-order valence-corrected chi connectivity index (χ1v) is 15.4. The molecule has 8 rings (SSSR count). The molecule has 216 valence electrons. The fourth-order valence-electron chi connectivity index (χ4n) is 6.03. The van der Waals surface area contributed by atoms with E-state index in [2.05, 4.69) is 157 Å². The third kappa shape index (κ3) is 5.47. The van der Waals surface area contributed by atoms with Gasteiger partial charge in [0.25, 0.3) is 0 Å². The van der Waals surface area contributed by atoms with E-state index in [0.29, 0.717) is 5.82 Å². The lowest BCUT2D eigenvalue weighted by atomic mass is 9.96. The Kier molecular flexibility index (Phi) is 7.18. The maximum Gasteiger partial charge on any atom is 0.160 e. The van der Waals surface area contributed by atoms with Crippen molar-refractivity contribution in [3.8, 4) is 67.3 Å². The van der Waals surface area contributed by atoms with Gasteiger partial charge in [-0.1, -0.05) is 140 Å². The number of nitrogens with zero attached hydrogens (tertiary/aromatic N) is 3. The molecule has 0 aliphatic rings. The van der Waals surface area contributed by atoms with Crippen LogP contribution in [0.2, 0.25) is 0 Å². The van der Waals surface area contributed by atoms with E-state index in [9.17, 15) is 0 Å². The van der Waals surface area contributed by atoms with Gasteiger partial charge in [-0.15, -0.1) is 0 Å². The smallest absolute Gasteiger partial charge is 0.160 e. The highest BCUT2D eigenvalue weighted by Crippen LogP contribution is 2.34. The van der Waals surface area contributed by atoms with Gasteiger partial charge >= 0.3 is 0 Å². The lowest BCUT2D eigenvalue weighted by Crippen LogP contribution is -1.96. The fourth-order valence-corrected chi connectivity index (χ4v) is 6.03. The van der Waals surface area contributed by atoms with Crippen LogP contribution < -0.4 is 0 Å². The Morgan fingerprint density at radius 3 is 1.76 bits per heavy atom. The van der Waals surface area contributed by atoms with Gasteiger partial charge in [0.05, 0.1) is 11.4 Å². The number of aromatic nitrogens is 3. The summed E-state index contributed by atoms with van der Waals surface area (Å²) in [6.45, 7) is 0. The fraction of sp³-hybridized carbons (Fsp3) is 0. The van der Waals surface area contributed by atoms with Crippen LogP contribution in [0.25, 0.3) is 78.1 Å². The normalized spacial score (nSPS) is 11.0. The van der Waals surface area contributed by atoms with E-state index >= 15 is 0 Å². The summed E-state index contributed by atoms with van der Waals surface area (Å²) in [5, 5.41) is 2.45. The van der Waals surface area contributed by atoms with Crippen molar-refractivity contribution < 1.29 is 0 Å². The Hall–Kier alpha value is -6.19. The van der Waals surface area contributed by atoms with Crippen LogP contribution in [0.5, 0.6) is 0 Å². The van der Waals surface area contributed by atoms with Crippen molar-refractivity contribution in [2.24, 2.45) is 0 Å². The largest absolute Gasteiger partial charge is 0.264 e. The third-order valence-corrected chi connectivity index (χ3v) is 8.39. The van der Waals surface area contributed by atoms with Crippen LogP contribution >= 0.6 is 0 Å². The molecule has 0 saturated carbocycles. The van der Waals surface area contributed by atoms with Crippen LogP contribution in [-0.4, -0.2) is 15.0 Å². The Labute approximate surface area is 268 Å². The molecule has 0 atom stereocenters. The Morgan fingerprint density at radius 2 is 0.935 bits per heavy atom. The Bertz CT molecular complexity index is 2290. The molecule has 0 radical (unpaired) electrons. The monoisotopic (exact) mass is 587 g/mol. The van der Waals surface area contributed by atoms with Gasteiger partial charge in [-0.3, -0.25) is 4.98 Å². The van der Waals surface area contributed by atoms with Crippen LogP contribution in [-0.2, 0) is 0 Å². The van der Waals surface area contributed by atoms with Crippen LogP contribution in [0.3, 0.4) is 0 Å².